The number of aliphatic hydroxyl groups is 1. The van der Waals surface area contributed by atoms with Crippen LogP contribution >= 0.6 is 11.8 Å². The highest BCUT2D eigenvalue weighted by atomic mass is 32.2. The molecular weight excluding hydrogens is 340 g/mol. The van der Waals surface area contributed by atoms with Crippen molar-refractivity contribution in [2.24, 2.45) is 0 Å². The molecule has 0 aliphatic carbocycles. The molecule has 0 bridgehead atoms. The molecule has 2 aliphatic heterocycles. The number of carbonyl (C=O) groups is 1. The first-order chi connectivity index (χ1) is 12.2. The third kappa shape index (κ3) is 3.48. The van der Waals surface area contributed by atoms with Gasteiger partial charge in [-0.1, -0.05) is 0 Å². The van der Waals surface area contributed by atoms with Gasteiger partial charge in [0.1, 0.15) is 17.8 Å². The van der Waals surface area contributed by atoms with Crippen molar-refractivity contribution in [1.29, 1.82) is 0 Å². The van der Waals surface area contributed by atoms with Crippen LogP contribution in [-0.2, 0) is 4.79 Å². The van der Waals surface area contributed by atoms with Gasteiger partial charge in [0.15, 0.2) is 0 Å². The van der Waals surface area contributed by atoms with E-state index in [9.17, 15) is 9.90 Å². The minimum Gasteiger partial charge on any atom is -0.392 e. The van der Waals surface area contributed by atoms with Crippen LogP contribution in [-0.4, -0.2) is 63.5 Å². The lowest BCUT2D eigenvalue weighted by Crippen LogP contribution is -2.38. The Labute approximate surface area is 149 Å². The smallest absolute Gasteiger partial charge is 0.259 e. The van der Waals surface area contributed by atoms with E-state index in [0.29, 0.717) is 24.4 Å². The number of β-amino-alcohol motifs (C(OH)–C–C–N with tert-alkyl or cyclic N) is 1. The standard InChI is InChI=1S/C16H20N6O2S/c23-11-5-10(18-7-11)6-19-16(24)13-8-22(3-4-25-13)15-12-1-2-17-14(12)20-9-21-15/h1-2,8-11,18,23H,3-7H2,(H,19,24)(H,17,20,21)/t10-,11-/m1/s1. The largest absolute Gasteiger partial charge is 0.392 e. The SMILES string of the molecule is O=C(NC[C@H]1C[C@@H](O)CN1)C1=CN(c2ncnc3[nH]ccc23)CCS1. The first kappa shape index (κ1) is 16.4. The van der Waals surface area contributed by atoms with Gasteiger partial charge in [-0.25, -0.2) is 9.97 Å². The first-order valence-electron chi connectivity index (χ1n) is 8.29. The van der Waals surface area contributed by atoms with E-state index in [4.69, 9.17) is 0 Å². The maximum atomic E-state index is 12.5. The minimum absolute atomic E-state index is 0.0859. The summed E-state index contributed by atoms with van der Waals surface area (Å²) in [6.07, 6.45) is 5.57. The van der Waals surface area contributed by atoms with E-state index in [0.717, 1.165) is 29.1 Å². The number of nitrogens with one attached hydrogen (secondary N) is 3. The van der Waals surface area contributed by atoms with Crippen molar-refractivity contribution in [2.45, 2.75) is 18.6 Å². The van der Waals surface area contributed by atoms with Crippen LogP contribution in [0, 0.1) is 0 Å². The second-order valence-corrected chi connectivity index (χ2v) is 7.31. The summed E-state index contributed by atoms with van der Waals surface area (Å²) in [6, 6.07) is 2.07. The highest BCUT2D eigenvalue weighted by molar-refractivity contribution is 8.04. The summed E-state index contributed by atoms with van der Waals surface area (Å²) in [6.45, 7) is 1.89. The lowest BCUT2D eigenvalue weighted by Gasteiger charge is -2.25. The van der Waals surface area contributed by atoms with Crippen LogP contribution in [0.4, 0.5) is 5.82 Å². The van der Waals surface area contributed by atoms with Crippen molar-refractivity contribution in [3.05, 3.63) is 29.7 Å². The quantitative estimate of drug-likeness (QED) is 0.617. The number of anilines is 1. The zero-order valence-corrected chi connectivity index (χ0v) is 14.4. The normalized spacial score (nSPS) is 23.7. The number of rotatable bonds is 4. The fourth-order valence-corrected chi connectivity index (χ4v) is 4.05. The van der Waals surface area contributed by atoms with E-state index < -0.39 is 0 Å². The number of aromatic amines is 1. The number of nitrogens with zero attached hydrogens (tertiary/aromatic N) is 3. The van der Waals surface area contributed by atoms with E-state index in [1.54, 1.807) is 11.8 Å². The van der Waals surface area contributed by atoms with Crippen molar-refractivity contribution >= 4 is 34.5 Å². The maximum Gasteiger partial charge on any atom is 0.259 e. The second kappa shape index (κ2) is 7.03. The lowest BCUT2D eigenvalue weighted by atomic mass is 10.2. The van der Waals surface area contributed by atoms with Gasteiger partial charge in [-0.3, -0.25) is 4.79 Å². The van der Waals surface area contributed by atoms with Crippen LogP contribution in [0.2, 0.25) is 0 Å². The molecule has 1 saturated heterocycles. The topological polar surface area (TPSA) is 106 Å². The number of fused-ring (bicyclic) bond motifs is 1. The van der Waals surface area contributed by atoms with Crippen LogP contribution in [0.1, 0.15) is 6.42 Å². The molecule has 0 aromatic carbocycles. The first-order valence-corrected chi connectivity index (χ1v) is 9.28. The van der Waals surface area contributed by atoms with Crippen molar-refractivity contribution in [1.82, 2.24) is 25.6 Å². The third-order valence-corrected chi connectivity index (χ3v) is 5.39. The summed E-state index contributed by atoms with van der Waals surface area (Å²) >= 11 is 1.55. The van der Waals surface area contributed by atoms with E-state index in [1.807, 2.05) is 23.4 Å². The number of aromatic nitrogens is 3. The molecule has 0 unspecified atom stereocenters. The number of amides is 1. The average molecular weight is 360 g/mol. The lowest BCUT2D eigenvalue weighted by molar-refractivity contribution is -0.116. The third-order valence-electron chi connectivity index (χ3n) is 4.40. The predicted molar refractivity (Wildman–Crippen MR) is 97.2 cm³/mol. The molecule has 4 rings (SSSR count). The van der Waals surface area contributed by atoms with Crippen molar-refractivity contribution in [3.8, 4) is 0 Å². The summed E-state index contributed by atoms with van der Waals surface area (Å²) in [5.74, 6) is 1.53. The molecule has 4 N–H and O–H groups in total. The molecule has 4 heterocycles. The molecule has 2 aliphatic rings. The molecule has 9 heteroatoms. The molecule has 1 fully saturated rings. The van der Waals surface area contributed by atoms with Crippen LogP contribution in [0.5, 0.6) is 0 Å². The highest BCUT2D eigenvalue weighted by Crippen LogP contribution is 2.28. The van der Waals surface area contributed by atoms with Crippen LogP contribution < -0.4 is 15.5 Å². The Bertz CT molecular complexity index is 807. The molecule has 2 aromatic heterocycles. The Morgan fingerprint density at radius 3 is 3.24 bits per heavy atom. The van der Waals surface area contributed by atoms with Crippen molar-refractivity contribution in [3.63, 3.8) is 0 Å². The zero-order chi connectivity index (χ0) is 17.2. The van der Waals surface area contributed by atoms with E-state index >= 15 is 0 Å². The van der Waals surface area contributed by atoms with E-state index in [2.05, 4.69) is 25.6 Å². The molecule has 0 spiro atoms. The number of aliphatic hydroxyl groups excluding tert-OH is 1. The maximum absolute atomic E-state index is 12.5. The van der Waals surface area contributed by atoms with Crippen molar-refractivity contribution in [2.75, 3.05) is 30.3 Å². The van der Waals surface area contributed by atoms with Gasteiger partial charge >= 0.3 is 0 Å². The van der Waals surface area contributed by atoms with Gasteiger partial charge in [0, 0.05) is 43.8 Å². The van der Waals surface area contributed by atoms with Gasteiger partial charge < -0.3 is 25.6 Å². The molecule has 2 atom stereocenters. The second-order valence-electron chi connectivity index (χ2n) is 6.18. The number of hydrogen-bond donors (Lipinski definition) is 4. The minimum atomic E-state index is -0.317. The monoisotopic (exact) mass is 360 g/mol. The highest BCUT2D eigenvalue weighted by Gasteiger charge is 2.24. The summed E-state index contributed by atoms with van der Waals surface area (Å²) < 4.78 is 0. The van der Waals surface area contributed by atoms with Crippen molar-refractivity contribution < 1.29 is 9.90 Å². The summed E-state index contributed by atoms with van der Waals surface area (Å²) in [5, 5.41) is 16.6. The van der Waals surface area contributed by atoms with Gasteiger partial charge in [0.2, 0.25) is 0 Å². The summed E-state index contributed by atoms with van der Waals surface area (Å²) in [7, 11) is 0. The average Bonchev–Trinajstić information content (AvgIpc) is 3.28. The molecule has 132 valence electrons. The molecular formula is C16H20N6O2S. The Morgan fingerprint density at radius 2 is 2.40 bits per heavy atom. The van der Waals surface area contributed by atoms with E-state index in [-0.39, 0.29) is 18.1 Å². The van der Waals surface area contributed by atoms with Gasteiger partial charge in [0.25, 0.3) is 5.91 Å². The van der Waals surface area contributed by atoms with Crippen LogP contribution in [0.25, 0.3) is 11.0 Å². The number of H-pyrrole nitrogens is 1. The molecule has 8 nitrogen and oxygen atoms in total. The Hall–Kier alpha value is -2.10. The fourth-order valence-electron chi connectivity index (χ4n) is 3.13. The summed E-state index contributed by atoms with van der Waals surface area (Å²) in [4.78, 5) is 26.8. The predicted octanol–water partition coefficient (Wildman–Crippen LogP) is 0.192. The molecule has 0 radical (unpaired) electrons. The number of carbonyl (C=O) groups excluding carboxylic acids is 1. The van der Waals surface area contributed by atoms with Gasteiger partial charge in [-0.05, 0) is 12.5 Å². The Morgan fingerprint density at radius 1 is 1.48 bits per heavy atom. The van der Waals surface area contributed by atoms with E-state index in [1.165, 1.54) is 6.33 Å². The van der Waals surface area contributed by atoms with Gasteiger partial charge in [-0.15, -0.1) is 11.8 Å². The molecule has 25 heavy (non-hydrogen) atoms. The van der Waals surface area contributed by atoms with Gasteiger partial charge in [-0.2, -0.15) is 0 Å². The molecule has 1 amide bonds. The molecule has 0 saturated carbocycles. The number of hydrogen-bond acceptors (Lipinski definition) is 7. The van der Waals surface area contributed by atoms with Gasteiger partial charge in [0.05, 0.1) is 16.4 Å². The zero-order valence-electron chi connectivity index (χ0n) is 13.6. The Kier molecular flexibility index (Phi) is 4.60. The summed E-state index contributed by atoms with van der Waals surface area (Å²) in [5.41, 5.74) is 0.786. The van der Waals surface area contributed by atoms with Crippen LogP contribution in [0.15, 0.2) is 29.7 Å². The fraction of sp³-hybridized carbons (Fsp3) is 0.438. The number of thioether (sulfide) groups is 1. The van der Waals surface area contributed by atoms with Crippen LogP contribution in [0.3, 0.4) is 0 Å². The Balaban J connectivity index is 1.46. The molecule has 2 aromatic rings.